The van der Waals surface area contributed by atoms with Crippen LogP contribution in [0.15, 0.2) is 41.9 Å². The van der Waals surface area contributed by atoms with Crippen LogP contribution in [0.3, 0.4) is 0 Å². The number of nitrogens with zero attached hydrogens (tertiary/aromatic N) is 5. The summed E-state index contributed by atoms with van der Waals surface area (Å²) in [5.74, 6) is 1.96. The second kappa shape index (κ2) is 8.39. The van der Waals surface area contributed by atoms with Gasteiger partial charge in [0.25, 0.3) is 0 Å². The highest BCUT2D eigenvalue weighted by Crippen LogP contribution is 2.54. The molecule has 0 amide bonds. The van der Waals surface area contributed by atoms with Crippen molar-refractivity contribution in [3.05, 3.63) is 48.2 Å². The van der Waals surface area contributed by atoms with E-state index >= 15 is 0 Å². The number of aromatic amines is 1. The topological polar surface area (TPSA) is 169 Å². The van der Waals surface area contributed by atoms with E-state index in [0.717, 1.165) is 16.5 Å². The van der Waals surface area contributed by atoms with Gasteiger partial charge in [0.1, 0.15) is 30.1 Å². The highest BCUT2D eigenvalue weighted by atomic mass is 16.7. The minimum Gasteiger partial charge on any atom is -0.496 e. The van der Waals surface area contributed by atoms with Crippen LogP contribution >= 0.6 is 0 Å². The molecule has 3 aromatic heterocycles. The third kappa shape index (κ3) is 3.07. The van der Waals surface area contributed by atoms with Crippen molar-refractivity contribution in [3.63, 3.8) is 0 Å². The molecule has 0 saturated carbocycles. The third-order valence-electron chi connectivity index (χ3n) is 7.65. The number of fused-ring (bicyclic) bond motifs is 5. The first-order valence-electron chi connectivity index (χ1n) is 12.6. The average molecular weight is 543 g/mol. The molecule has 13 nitrogen and oxygen atoms in total. The Hall–Kier alpha value is -4.72. The van der Waals surface area contributed by atoms with Crippen molar-refractivity contribution in [3.8, 4) is 34.3 Å². The number of aromatic nitrogens is 5. The zero-order valence-electron chi connectivity index (χ0n) is 21.0. The van der Waals surface area contributed by atoms with Crippen LogP contribution in [-0.4, -0.2) is 78.3 Å². The van der Waals surface area contributed by atoms with Crippen molar-refractivity contribution >= 4 is 33.5 Å². The van der Waals surface area contributed by atoms with Gasteiger partial charge in [-0.2, -0.15) is 0 Å². The van der Waals surface area contributed by atoms with Crippen LogP contribution < -0.4 is 14.2 Å². The van der Waals surface area contributed by atoms with E-state index in [1.807, 2.05) is 18.2 Å². The molecule has 3 atom stereocenters. The monoisotopic (exact) mass is 542 g/mol. The van der Waals surface area contributed by atoms with E-state index in [0.29, 0.717) is 56.6 Å². The minimum absolute atomic E-state index is 0.0310. The summed E-state index contributed by atoms with van der Waals surface area (Å²) >= 11 is 0. The Bertz CT molecular complexity index is 1880. The van der Waals surface area contributed by atoms with E-state index in [-0.39, 0.29) is 25.7 Å². The lowest BCUT2D eigenvalue weighted by Gasteiger charge is -2.22. The number of imidazole rings is 1. The van der Waals surface area contributed by atoms with Gasteiger partial charge in [-0.1, -0.05) is 12.1 Å². The van der Waals surface area contributed by atoms with Gasteiger partial charge in [0.05, 0.1) is 37.4 Å². The van der Waals surface area contributed by atoms with Crippen LogP contribution in [0.1, 0.15) is 23.9 Å². The van der Waals surface area contributed by atoms with Gasteiger partial charge in [-0.15, -0.1) is 0 Å². The van der Waals surface area contributed by atoms with Crippen LogP contribution in [0.4, 0.5) is 5.82 Å². The van der Waals surface area contributed by atoms with Crippen molar-refractivity contribution in [2.45, 2.75) is 24.9 Å². The summed E-state index contributed by atoms with van der Waals surface area (Å²) < 4.78 is 24.8. The van der Waals surface area contributed by atoms with Crippen molar-refractivity contribution in [2.75, 3.05) is 20.5 Å². The van der Waals surface area contributed by atoms with Crippen molar-refractivity contribution < 1.29 is 34.3 Å². The van der Waals surface area contributed by atoms with Crippen LogP contribution in [0.2, 0.25) is 0 Å². The standard InChI is InChI=1S/C27H22N6O7/c1-37-14-4-2-3-11-18(14)21(22-19-12(27(36)32-22)5-15-24(20(11)19)39-10-38-15)31-25-23-26(29-8-28-25)33(9-30-23)17-6-13(35)16(7-34)40-17/h2-5,8-9,13,16-17,32,34-36H,6-7,10H2,1H3/b31-21-/t13-,16+,17+/m1/s1. The van der Waals surface area contributed by atoms with Crippen molar-refractivity contribution in [1.82, 2.24) is 24.5 Å². The maximum absolute atomic E-state index is 10.9. The highest BCUT2D eigenvalue weighted by Gasteiger charge is 2.37. The summed E-state index contributed by atoms with van der Waals surface area (Å²) in [5.41, 5.74) is 4.20. The summed E-state index contributed by atoms with van der Waals surface area (Å²) in [5, 5.41) is 32.0. The molecule has 5 aromatic rings. The Morgan fingerprint density at radius 3 is 2.92 bits per heavy atom. The lowest BCUT2D eigenvalue weighted by molar-refractivity contribution is -0.0432. The van der Waals surface area contributed by atoms with E-state index in [1.165, 1.54) is 6.33 Å². The first-order chi connectivity index (χ1) is 19.6. The largest absolute Gasteiger partial charge is 0.496 e. The highest BCUT2D eigenvalue weighted by molar-refractivity contribution is 6.30. The van der Waals surface area contributed by atoms with Crippen LogP contribution in [0.5, 0.6) is 23.1 Å². The number of H-pyrrole nitrogens is 1. The number of ether oxygens (including phenoxy) is 4. The fraction of sp³-hybridized carbons (Fsp3) is 0.259. The van der Waals surface area contributed by atoms with Crippen molar-refractivity contribution in [1.29, 1.82) is 0 Å². The third-order valence-corrected chi connectivity index (χ3v) is 7.65. The zero-order valence-corrected chi connectivity index (χ0v) is 21.0. The summed E-state index contributed by atoms with van der Waals surface area (Å²) in [7, 11) is 1.58. The number of methoxy groups -OCH3 is 1. The molecule has 2 aromatic carbocycles. The molecule has 0 radical (unpaired) electrons. The molecule has 1 aliphatic carbocycles. The number of aliphatic imine (C=N–C) groups is 1. The minimum atomic E-state index is -0.806. The number of benzene rings is 2. The molecular formula is C27H22N6O7. The molecule has 0 bridgehead atoms. The van der Waals surface area contributed by atoms with Crippen LogP contribution in [-0.2, 0) is 4.74 Å². The molecular weight excluding hydrogens is 520 g/mol. The maximum Gasteiger partial charge on any atom is 0.231 e. The predicted octanol–water partition coefficient (Wildman–Crippen LogP) is 2.54. The normalized spacial score (nSPS) is 22.0. The van der Waals surface area contributed by atoms with Crippen LogP contribution in [0, 0.1) is 0 Å². The summed E-state index contributed by atoms with van der Waals surface area (Å²) in [4.78, 5) is 21.4. The smallest absolute Gasteiger partial charge is 0.231 e. The SMILES string of the molecule is COc1cccc2c1/C(=N/c1ncnc3c1ncn3[C@@H]1C[C@@H](O)[C@H](CO)O1)c1[nH]c(O)c3cc4c(c-2c13)OCO4. The Balaban J connectivity index is 1.36. The predicted molar refractivity (Wildman–Crippen MR) is 140 cm³/mol. The Kier molecular flexibility index (Phi) is 4.86. The number of aromatic hydroxyl groups is 1. The Morgan fingerprint density at radius 2 is 2.10 bits per heavy atom. The number of hydrogen-bond acceptors (Lipinski definition) is 11. The van der Waals surface area contributed by atoms with E-state index in [4.69, 9.17) is 23.9 Å². The lowest BCUT2D eigenvalue weighted by atomic mass is 9.84. The molecule has 1 fully saturated rings. The first kappa shape index (κ1) is 23.2. The quantitative estimate of drug-likeness (QED) is 0.260. The Morgan fingerprint density at radius 1 is 1.20 bits per heavy atom. The van der Waals surface area contributed by atoms with Gasteiger partial charge in [0.2, 0.25) is 6.79 Å². The number of nitrogens with one attached hydrogen (secondary N) is 1. The number of rotatable bonds is 4. The molecule has 0 spiro atoms. The molecule has 1 saturated heterocycles. The molecule has 13 heteroatoms. The van der Waals surface area contributed by atoms with Gasteiger partial charge in [0, 0.05) is 22.8 Å². The number of aliphatic hydroxyl groups excluding tert-OH is 2. The maximum atomic E-state index is 10.9. The van der Waals surface area contributed by atoms with Crippen LogP contribution in [0.25, 0.3) is 33.1 Å². The van der Waals surface area contributed by atoms with Gasteiger partial charge in [-0.05, 0) is 17.7 Å². The average Bonchev–Trinajstić information content (AvgIpc) is 3.76. The Labute approximate surface area is 225 Å². The fourth-order valence-electron chi connectivity index (χ4n) is 5.85. The molecule has 202 valence electrons. The molecule has 0 unspecified atom stereocenters. The van der Waals surface area contributed by atoms with E-state index in [1.54, 1.807) is 24.1 Å². The van der Waals surface area contributed by atoms with Gasteiger partial charge >= 0.3 is 0 Å². The number of hydrogen-bond donors (Lipinski definition) is 4. The number of aliphatic hydroxyl groups is 2. The molecule has 8 rings (SSSR count). The van der Waals surface area contributed by atoms with Gasteiger partial charge in [-0.25, -0.2) is 19.9 Å². The van der Waals surface area contributed by atoms with Gasteiger partial charge in [-0.3, -0.25) is 4.57 Å². The second-order valence-electron chi connectivity index (χ2n) is 9.74. The molecule has 2 aliphatic heterocycles. The van der Waals surface area contributed by atoms with E-state index in [2.05, 4.69) is 19.9 Å². The first-order valence-corrected chi connectivity index (χ1v) is 12.6. The molecule has 4 N–H and O–H groups in total. The summed E-state index contributed by atoms with van der Waals surface area (Å²) in [6.45, 7) is -0.212. The second-order valence-corrected chi connectivity index (χ2v) is 9.74. The molecule has 5 heterocycles. The van der Waals surface area contributed by atoms with Gasteiger partial charge < -0.3 is 39.3 Å². The van der Waals surface area contributed by atoms with Crippen molar-refractivity contribution in [2.24, 2.45) is 4.99 Å². The lowest BCUT2D eigenvalue weighted by Crippen LogP contribution is -2.24. The molecule has 40 heavy (non-hydrogen) atoms. The van der Waals surface area contributed by atoms with E-state index in [9.17, 15) is 15.3 Å². The fourth-order valence-corrected chi connectivity index (χ4v) is 5.85. The summed E-state index contributed by atoms with van der Waals surface area (Å²) in [6.07, 6.45) is 1.17. The van der Waals surface area contributed by atoms with E-state index < -0.39 is 18.4 Å². The summed E-state index contributed by atoms with van der Waals surface area (Å²) in [6, 6.07) is 7.42. The van der Waals surface area contributed by atoms with Gasteiger partial charge in [0.15, 0.2) is 34.4 Å². The molecule has 3 aliphatic rings. The zero-order chi connectivity index (χ0) is 27.1.